The summed E-state index contributed by atoms with van der Waals surface area (Å²) in [4.78, 5) is 25.8. The first-order valence-corrected chi connectivity index (χ1v) is 7.63. The molecule has 1 unspecified atom stereocenters. The van der Waals surface area contributed by atoms with Gasteiger partial charge in [-0.25, -0.2) is 8.88 Å². The number of phosphoric acid groups is 1. The van der Waals surface area contributed by atoms with Gasteiger partial charge in [0, 0.05) is 0 Å². The summed E-state index contributed by atoms with van der Waals surface area (Å²) in [5, 5.41) is 0. The second-order valence-corrected chi connectivity index (χ2v) is 6.80. The average Bonchev–Trinajstić information content (AvgIpc) is 1.78. The molecule has 84 valence electrons. The van der Waals surface area contributed by atoms with Crippen LogP contribution in [0.4, 0.5) is 0 Å². The summed E-state index contributed by atoms with van der Waals surface area (Å²) in [6.07, 6.45) is 0.434. The molecule has 0 fully saturated rings. The van der Waals surface area contributed by atoms with Gasteiger partial charge >= 0.3 is 14.5 Å². The Bertz CT molecular complexity index is 297. The summed E-state index contributed by atoms with van der Waals surface area (Å²) >= 11 is 4.34. The van der Waals surface area contributed by atoms with E-state index in [1.807, 2.05) is 0 Å². The summed E-state index contributed by atoms with van der Waals surface area (Å²) in [5.74, 6) is 0. The molecule has 0 bridgehead atoms. The van der Waals surface area contributed by atoms with E-state index in [0.29, 0.717) is 6.42 Å². The maximum atomic E-state index is 10.3. The van der Waals surface area contributed by atoms with E-state index >= 15 is 0 Å². The molecule has 0 amide bonds. The molecule has 14 heavy (non-hydrogen) atoms. The van der Waals surface area contributed by atoms with E-state index in [4.69, 9.17) is 14.7 Å². The van der Waals surface area contributed by atoms with Crippen molar-refractivity contribution in [2.75, 3.05) is 6.61 Å². The lowest BCUT2D eigenvalue weighted by molar-refractivity contribution is 0.221. The predicted molar refractivity (Wildman–Crippen MR) is 55.0 cm³/mol. The van der Waals surface area contributed by atoms with Gasteiger partial charge in [-0.3, -0.25) is 0 Å². The quantitative estimate of drug-likeness (QED) is 0.490. The monoisotopic (exact) mass is 262 g/mol. The van der Waals surface area contributed by atoms with Gasteiger partial charge in [0.1, 0.15) is 0 Å². The van der Waals surface area contributed by atoms with Crippen LogP contribution in [0.3, 0.4) is 0 Å². The fraction of sp³-hybridized carbons (Fsp3) is 0.600. The Labute approximate surface area is 87.0 Å². The van der Waals surface area contributed by atoms with E-state index in [0.717, 1.165) is 5.57 Å². The molecule has 9 heteroatoms. The van der Waals surface area contributed by atoms with Gasteiger partial charge in [-0.2, -0.15) is 0 Å². The van der Waals surface area contributed by atoms with Crippen molar-refractivity contribution in [3.63, 3.8) is 0 Å². The Morgan fingerprint density at radius 2 is 2.00 bits per heavy atom. The molecule has 0 saturated carbocycles. The van der Waals surface area contributed by atoms with E-state index in [9.17, 15) is 4.57 Å². The van der Waals surface area contributed by atoms with Crippen molar-refractivity contribution in [1.29, 1.82) is 0 Å². The molecule has 0 aromatic rings. The fourth-order valence-electron chi connectivity index (χ4n) is 0.493. The highest BCUT2D eigenvalue weighted by Crippen LogP contribution is 2.57. The molecule has 0 saturated heterocycles. The van der Waals surface area contributed by atoms with Crippen LogP contribution in [0.1, 0.15) is 13.3 Å². The Morgan fingerprint density at radius 1 is 1.50 bits per heavy atom. The molecule has 0 aromatic carbocycles. The van der Waals surface area contributed by atoms with Crippen LogP contribution in [0, 0.1) is 0 Å². The summed E-state index contributed by atoms with van der Waals surface area (Å²) < 4.78 is 18.8. The minimum Gasteiger partial charge on any atom is -0.324 e. The number of rotatable bonds is 6. The molecular formula is C5H12O6P2S. The Hall–Kier alpha value is 0.420. The SMILES string of the molecule is C=C(C)CCOP(O)(=S)OP(=O)(O)O. The summed E-state index contributed by atoms with van der Waals surface area (Å²) in [5.41, 5.74) is 0.802. The third-order valence-electron chi connectivity index (χ3n) is 0.993. The smallest absolute Gasteiger partial charge is 0.324 e. The van der Waals surface area contributed by atoms with E-state index in [1.54, 1.807) is 6.92 Å². The van der Waals surface area contributed by atoms with Gasteiger partial charge in [0.25, 0.3) is 0 Å². The first kappa shape index (κ1) is 14.4. The highest BCUT2D eigenvalue weighted by atomic mass is 32.5. The van der Waals surface area contributed by atoms with E-state index < -0.39 is 14.5 Å². The highest BCUT2D eigenvalue weighted by molar-refractivity contribution is 8.08. The maximum absolute atomic E-state index is 10.3. The van der Waals surface area contributed by atoms with Gasteiger partial charge in [-0.05, 0) is 25.2 Å². The average molecular weight is 262 g/mol. The van der Waals surface area contributed by atoms with Gasteiger partial charge in [0.2, 0.25) is 0 Å². The molecule has 0 rings (SSSR count). The normalized spacial score (nSPS) is 16.3. The molecular weight excluding hydrogens is 250 g/mol. The van der Waals surface area contributed by atoms with Crippen LogP contribution in [0.25, 0.3) is 0 Å². The standard InChI is InChI=1S/C5H12O6P2S/c1-5(2)3-4-10-13(9,14)11-12(6,7)8/h1,3-4H2,2H3,(H,9,14)(H2,6,7,8). The zero-order valence-electron chi connectivity index (χ0n) is 7.49. The molecule has 3 N–H and O–H groups in total. The van der Waals surface area contributed by atoms with Crippen molar-refractivity contribution in [3.8, 4) is 0 Å². The summed E-state index contributed by atoms with van der Waals surface area (Å²) in [6, 6.07) is 0. The van der Waals surface area contributed by atoms with Gasteiger partial charge in [0.15, 0.2) is 0 Å². The second kappa shape index (κ2) is 5.49. The van der Waals surface area contributed by atoms with Crippen molar-refractivity contribution in [3.05, 3.63) is 12.2 Å². The lowest BCUT2D eigenvalue weighted by Gasteiger charge is -2.15. The second-order valence-electron chi connectivity index (χ2n) is 2.58. The Kier molecular flexibility index (Phi) is 5.65. The molecule has 0 aliphatic carbocycles. The zero-order valence-corrected chi connectivity index (χ0v) is 10.1. The minimum atomic E-state index is -4.80. The summed E-state index contributed by atoms with van der Waals surface area (Å²) in [7, 11) is -4.80. The van der Waals surface area contributed by atoms with E-state index in [-0.39, 0.29) is 6.61 Å². The minimum absolute atomic E-state index is 0.0170. The van der Waals surface area contributed by atoms with Crippen molar-refractivity contribution in [2.45, 2.75) is 13.3 Å². The predicted octanol–water partition coefficient (Wildman–Crippen LogP) is 1.30. The van der Waals surface area contributed by atoms with Gasteiger partial charge in [-0.15, -0.1) is 6.58 Å². The topological polar surface area (TPSA) is 96.2 Å². The van der Waals surface area contributed by atoms with Crippen LogP contribution in [0.15, 0.2) is 12.2 Å². The molecule has 0 radical (unpaired) electrons. The van der Waals surface area contributed by atoms with Crippen molar-refractivity contribution < 1.29 is 28.1 Å². The van der Waals surface area contributed by atoms with Crippen LogP contribution >= 0.6 is 14.5 Å². The van der Waals surface area contributed by atoms with Gasteiger partial charge < -0.3 is 19.2 Å². The Balaban J connectivity index is 4.03. The molecule has 6 nitrogen and oxygen atoms in total. The number of hydrogen-bond donors (Lipinski definition) is 3. The fourth-order valence-corrected chi connectivity index (χ4v) is 3.08. The largest absolute Gasteiger partial charge is 0.476 e. The van der Waals surface area contributed by atoms with Crippen LogP contribution in [-0.4, -0.2) is 21.3 Å². The lowest BCUT2D eigenvalue weighted by Crippen LogP contribution is -1.95. The lowest BCUT2D eigenvalue weighted by atomic mass is 10.3. The van der Waals surface area contributed by atoms with Gasteiger partial charge in [-0.1, -0.05) is 5.57 Å². The molecule has 0 spiro atoms. The highest BCUT2D eigenvalue weighted by Gasteiger charge is 2.27. The van der Waals surface area contributed by atoms with Crippen molar-refractivity contribution in [2.24, 2.45) is 0 Å². The molecule has 0 heterocycles. The van der Waals surface area contributed by atoms with Crippen molar-refractivity contribution in [1.82, 2.24) is 0 Å². The van der Waals surface area contributed by atoms with Crippen LogP contribution in [-0.2, 0) is 25.2 Å². The number of hydrogen-bond acceptors (Lipinski definition) is 4. The van der Waals surface area contributed by atoms with E-state index in [2.05, 4.69) is 27.2 Å². The van der Waals surface area contributed by atoms with Crippen LogP contribution in [0.5, 0.6) is 0 Å². The van der Waals surface area contributed by atoms with Crippen LogP contribution < -0.4 is 0 Å². The molecule has 0 aliphatic rings. The zero-order chi connectivity index (χ0) is 11.4. The third kappa shape index (κ3) is 8.99. The maximum Gasteiger partial charge on any atom is 0.476 e. The first-order chi connectivity index (χ1) is 6.12. The first-order valence-electron chi connectivity index (χ1n) is 3.51. The molecule has 1 atom stereocenters. The van der Waals surface area contributed by atoms with Crippen LogP contribution in [0.2, 0.25) is 0 Å². The third-order valence-corrected chi connectivity index (χ3v) is 4.09. The van der Waals surface area contributed by atoms with Gasteiger partial charge in [0.05, 0.1) is 6.61 Å². The molecule has 0 aromatic heterocycles. The van der Waals surface area contributed by atoms with Crippen molar-refractivity contribution >= 4 is 26.3 Å². The molecule has 0 aliphatic heterocycles. The van der Waals surface area contributed by atoms with E-state index in [1.165, 1.54) is 0 Å². The Morgan fingerprint density at radius 3 is 2.36 bits per heavy atom. The summed E-state index contributed by atoms with van der Waals surface area (Å²) in [6.45, 7) is 1.49.